The number of ether oxygens (including phenoxy) is 2. The summed E-state index contributed by atoms with van der Waals surface area (Å²) in [6.45, 7) is 5.73. The van der Waals surface area contributed by atoms with Crippen LogP contribution in [-0.2, 0) is 14.3 Å². The second-order valence-corrected chi connectivity index (χ2v) is 17.4. The lowest BCUT2D eigenvalue weighted by molar-refractivity contribution is -0.303. The van der Waals surface area contributed by atoms with Crippen LogP contribution in [0.4, 0.5) is 0 Å². The second kappa shape index (κ2) is 36.5. The average Bonchev–Trinajstić information content (AvgIpc) is 3.22. The Kier molecular flexibility index (Phi) is 34.5. The SMILES string of the molecule is CCCCCCCC/C=C\CCCCCCCCCCCC[C@@H](O)C(=O)N[C@@H](CO[C@@H]1O[C@H](CO)[C@@H](O)[C@H](O)[C@H]1O)[C@H](O)[C@H](O)CCCCCCCCC[C@H](C)CC. The van der Waals surface area contributed by atoms with Gasteiger partial charge in [-0.2, -0.15) is 0 Å². The van der Waals surface area contributed by atoms with Crippen molar-refractivity contribution in [2.24, 2.45) is 5.92 Å². The van der Waals surface area contributed by atoms with E-state index in [1.54, 1.807) is 0 Å². The van der Waals surface area contributed by atoms with E-state index in [-0.39, 0.29) is 6.42 Å². The molecule has 11 heteroatoms. The number of hydrogen-bond acceptors (Lipinski definition) is 10. The molecule has 1 heterocycles. The number of hydrogen-bond donors (Lipinski definition) is 8. The van der Waals surface area contributed by atoms with E-state index in [1.807, 2.05) is 0 Å². The van der Waals surface area contributed by atoms with Crippen molar-refractivity contribution in [3.8, 4) is 0 Å². The predicted octanol–water partition coefficient (Wildman–Crippen LogP) is 7.92. The molecular formula is C47H91NO10. The van der Waals surface area contributed by atoms with Gasteiger partial charge in [0.15, 0.2) is 6.29 Å². The molecule has 1 aliphatic heterocycles. The summed E-state index contributed by atoms with van der Waals surface area (Å²) in [5.74, 6) is 0.0784. The molecule has 0 aromatic rings. The smallest absolute Gasteiger partial charge is 0.249 e. The molecule has 0 aliphatic carbocycles. The molecule has 10 atom stereocenters. The van der Waals surface area contributed by atoms with Gasteiger partial charge in [0, 0.05) is 0 Å². The van der Waals surface area contributed by atoms with E-state index in [2.05, 4.69) is 38.2 Å². The Hall–Kier alpha value is -1.15. The number of unbranched alkanes of at least 4 members (excludes halogenated alkanes) is 22. The molecule has 1 amide bonds. The van der Waals surface area contributed by atoms with E-state index < -0.39 is 74.2 Å². The minimum absolute atomic E-state index is 0.260. The Morgan fingerprint density at radius 1 is 0.638 bits per heavy atom. The second-order valence-electron chi connectivity index (χ2n) is 17.4. The first-order chi connectivity index (χ1) is 28.1. The van der Waals surface area contributed by atoms with Crippen LogP contribution in [-0.4, -0.2) is 110 Å². The van der Waals surface area contributed by atoms with E-state index in [0.717, 1.165) is 44.4 Å². The van der Waals surface area contributed by atoms with Gasteiger partial charge in [-0.25, -0.2) is 0 Å². The molecule has 0 spiro atoms. The van der Waals surface area contributed by atoms with Gasteiger partial charge in [-0.05, 0) is 44.4 Å². The zero-order chi connectivity index (χ0) is 42.8. The van der Waals surface area contributed by atoms with Crippen LogP contribution < -0.4 is 5.32 Å². The summed E-state index contributed by atoms with van der Waals surface area (Å²) in [6, 6.07) is -1.17. The highest BCUT2D eigenvalue weighted by Gasteiger charge is 2.44. The Bertz CT molecular complexity index is 970. The van der Waals surface area contributed by atoms with Gasteiger partial charge in [-0.1, -0.05) is 181 Å². The van der Waals surface area contributed by atoms with Crippen LogP contribution in [0.25, 0.3) is 0 Å². The monoisotopic (exact) mass is 830 g/mol. The molecule has 1 rings (SSSR count). The summed E-state index contributed by atoms with van der Waals surface area (Å²) < 4.78 is 11.1. The summed E-state index contributed by atoms with van der Waals surface area (Å²) in [5.41, 5.74) is 0. The fraction of sp³-hybridized carbons (Fsp3) is 0.936. The fourth-order valence-electron chi connectivity index (χ4n) is 7.70. The molecule has 0 saturated carbocycles. The van der Waals surface area contributed by atoms with Crippen molar-refractivity contribution < 1.29 is 50.0 Å². The van der Waals surface area contributed by atoms with Gasteiger partial charge in [0.2, 0.25) is 5.91 Å². The lowest BCUT2D eigenvalue weighted by Gasteiger charge is -2.40. The number of allylic oxidation sites excluding steroid dienone is 2. The molecule has 0 aromatic heterocycles. The average molecular weight is 830 g/mol. The number of rotatable bonds is 39. The number of aliphatic hydroxyl groups excluding tert-OH is 7. The van der Waals surface area contributed by atoms with Crippen LogP contribution in [0.1, 0.15) is 207 Å². The molecule has 0 aromatic carbocycles. The van der Waals surface area contributed by atoms with Crippen LogP contribution in [0.2, 0.25) is 0 Å². The molecular weight excluding hydrogens is 739 g/mol. The van der Waals surface area contributed by atoms with E-state index in [9.17, 15) is 40.5 Å². The molecule has 344 valence electrons. The first-order valence-electron chi connectivity index (χ1n) is 24.0. The highest BCUT2D eigenvalue weighted by Crippen LogP contribution is 2.23. The number of amides is 1. The zero-order valence-corrected chi connectivity index (χ0v) is 37.2. The van der Waals surface area contributed by atoms with Crippen molar-refractivity contribution in [1.82, 2.24) is 5.32 Å². The minimum Gasteiger partial charge on any atom is -0.394 e. The van der Waals surface area contributed by atoms with Crippen molar-refractivity contribution in [2.75, 3.05) is 13.2 Å². The number of carbonyl (C=O) groups excluding carboxylic acids is 1. The Morgan fingerprint density at radius 3 is 1.60 bits per heavy atom. The Balaban J connectivity index is 2.40. The molecule has 8 N–H and O–H groups in total. The van der Waals surface area contributed by atoms with Crippen molar-refractivity contribution >= 4 is 5.91 Å². The van der Waals surface area contributed by atoms with Gasteiger partial charge in [-0.15, -0.1) is 0 Å². The van der Waals surface area contributed by atoms with Crippen LogP contribution in [0.15, 0.2) is 12.2 Å². The van der Waals surface area contributed by atoms with Crippen LogP contribution in [0.3, 0.4) is 0 Å². The first-order valence-corrected chi connectivity index (χ1v) is 24.0. The Labute approximate surface area is 353 Å². The maximum Gasteiger partial charge on any atom is 0.249 e. The first kappa shape index (κ1) is 54.9. The fourth-order valence-corrected chi connectivity index (χ4v) is 7.70. The minimum atomic E-state index is -1.66. The molecule has 1 aliphatic rings. The van der Waals surface area contributed by atoms with Crippen LogP contribution >= 0.6 is 0 Å². The summed E-state index contributed by atoms with van der Waals surface area (Å²) >= 11 is 0. The van der Waals surface area contributed by atoms with E-state index >= 15 is 0 Å². The van der Waals surface area contributed by atoms with Gasteiger partial charge in [0.1, 0.15) is 36.6 Å². The van der Waals surface area contributed by atoms with Crippen LogP contribution in [0, 0.1) is 5.92 Å². The molecule has 0 radical (unpaired) electrons. The lowest BCUT2D eigenvalue weighted by atomic mass is 9.98. The largest absolute Gasteiger partial charge is 0.394 e. The zero-order valence-electron chi connectivity index (χ0n) is 37.2. The highest BCUT2D eigenvalue weighted by atomic mass is 16.7. The molecule has 58 heavy (non-hydrogen) atoms. The normalized spacial score (nSPS) is 22.6. The number of aliphatic hydroxyl groups is 7. The quantitative estimate of drug-likeness (QED) is 0.0223. The van der Waals surface area contributed by atoms with E-state index in [1.165, 1.54) is 122 Å². The van der Waals surface area contributed by atoms with Gasteiger partial charge in [-0.3, -0.25) is 4.79 Å². The topological polar surface area (TPSA) is 189 Å². The predicted molar refractivity (Wildman–Crippen MR) is 233 cm³/mol. The molecule has 1 fully saturated rings. The summed E-state index contributed by atoms with van der Waals surface area (Å²) in [4.78, 5) is 13.1. The third kappa shape index (κ3) is 26.2. The third-order valence-electron chi connectivity index (χ3n) is 12.1. The molecule has 0 bridgehead atoms. The molecule has 1 saturated heterocycles. The van der Waals surface area contributed by atoms with Crippen molar-refractivity contribution in [3.05, 3.63) is 12.2 Å². The highest BCUT2D eigenvalue weighted by molar-refractivity contribution is 5.80. The van der Waals surface area contributed by atoms with Crippen molar-refractivity contribution in [3.63, 3.8) is 0 Å². The summed E-state index contributed by atoms with van der Waals surface area (Å²) in [7, 11) is 0. The van der Waals surface area contributed by atoms with Crippen LogP contribution in [0.5, 0.6) is 0 Å². The van der Waals surface area contributed by atoms with Crippen molar-refractivity contribution in [1.29, 1.82) is 0 Å². The van der Waals surface area contributed by atoms with Gasteiger partial charge in [0.05, 0.1) is 25.4 Å². The van der Waals surface area contributed by atoms with Gasteiger partial charge in [0.25, 0.3) is 0 Å². The van der Waals surface area contributed by atoms with Gasteiger partial charge >= 0.3 is 0 Å². The maximum atomic E-state index is 13.1. The number of carbonyl (C=O) groups is 1. The summed E-state index contributed by atoms with van der Waals surface area (Å²) in [6.07, 6.45) is 25.6. The summed E-state index contributed by atoms with van der Waals surface area (Å²) in [5, 5.41) is 75.6. The number of nitrogens with one attached hydrogen (secondary N) is 1. The maximum absolute atomic E-state index is 13.1. The molecule has 0 unspecified atom stereocenters. The van der Waals surface area contributed by atoms with Crippen molar-refractivity contribution in [2.45, 2.75) is 262 Å². The van der Waals surface area contributed by atoms with Gasteiger partial charge < -0.3 is 50.5 Å². The lowest BCUT2D eigenvalue weighted by Crippen LogP contribution is -2.60. The standard InChI is InChI=1S/C47H91NO10/c1-4-6-7-8-9-10-11-12-13-14-15-16-17-18-19-20-21-24-28-31-34-40(51)46(56)48-38(36-57-47-45(55)44(54)43(53)41(35-49)58-47)42(52)39(50)33-30-27-25-22-23-26-29-32-37(3)5-2/h12-13,37-45,47,49-55H,4-11,14-36H2,1-3H3,(H,48,56)/b13-12-/t37-,38+,39-,40-,41-,42+,43-,44+,45-,47-/m1/s1. The Morgan fingerprint density at radius 2 is 1.10 bits per heavy atom. The van der Waals surface area contributed by atoms with E-state index in [4.69, 9.17) is 9.47 Å². The third-order valence-corrected chi connectivity index (χ3v) is 12.1. The molecule has 11 nitrogen and oxygen atoms in total. The van der Waals surface area contributed by atoms with E-state index in [0.29, 0.717) is 19.3 Å².